The van der Waals surface area contributed by atoms with E-state index < -0.39 is 10.1 Å². The van der Waals surface area contributed by atoms with E-state index in [4.69, 9.17) is 8.92 Å². The van der Waals surface area contributed by atoms with Crippen LogP contribution < -0.4 is 0 Å². The number of hydrogen-bond acceptors (Lipinski definition) is 6. The standard InChI is InChI=1S/C14H19NO5S/c1-21(17,18)20-13-7-9-15(10-8-13)11-19-14(16)12-5-3-2-4-6-12/h2-6,13H,7-11H2,1H3. The summed E-state index contributed by atoms with van der Waals surface area (Å²) in [7, 11) is -3.41. The maximum absolute atomic E-state index is 11.8. The van der Waals surface area contributed by atoms with Gasteiger partial charge in [-0.3, -0.25) is 9.08 Å². The summed E-state index contributed by atoms with van der Waals surface area (Å²) < 4.78 is 32.3. The van der Waals surface area contributed by atoms with Crippen LogP contribution in [0.1, 0.15) is 23.2 Å². The number of rotatable bonds is 5. The van der Waals surface area contributed by atoms with Crippen molar-refractivity contribution in [2.24, 2.45) is 0 Å². The van der Waals surface area contributed by atoms with Crippen LogP contribution in [-0.2, 0) is 19.0 Å². The molecule has 0 unspecified atom stereocenters. The van der Waals surface area contributed by atoms with Gasteiger partial charge in [0.2, 0.25) is 0 Å². The van der Waals surface area contributed by atoms with Crippen LogP contribution in [0.3, 0.4) is 0 Å². The summed E-state index contributed by atoms with van der Waals surface area (Å²) in [6, 6.07) is 8.81. The summed E-state index contributed by atoms with van der Waals surface area (Å²) in [4.78, 5) is 13.7. The smallest absolute Gasteiger partial charge is 0.339 e. The van der Waals surface area contributed by atoms with E-state index in [1.165, 1.54) is 0 Å². The Labute approximate surface area is 124 Å². The number of nitrogens with zero attached hydrogens (tertiary/aromatic N) is 1. The fourth-order valence-corrected chi connectivity index (χ4v) is 2.88. The Bertz CT molecular complexity index is 564. The second kappa shape index (κ2) is 7.02. The molecule has 0 amide bonds. The Balaban J connectivity index is 1.73. The molecule has 116 valence electrons. The molecule has 1 aliphatic rings. The Kier molecular flexibility index (Phi) is 5.33. The number of carbonyl (C=O) groups excluding carboxylic acids is 1. The highest BCUT2D eigenvalue weighted by atomic mass is 32.2. The zero-order valence-corrected chi connectivity index (χ0v) is 12.7. The number of benzene rings is 1. The topological polar surface area (TPSA) is 72.9 Å². The van der Waals surface area contributed by atoms with Crippen LogP contribution in [0.4, 0.5) is 0 Å². The second-order valence-corrected chi connectivity index (χ2v) is 6.65. The Hall–Kier alpha value is -1.44. The highest BCUT2D eigenvalue weighted by molar-refractivity contribution is 7.86. The van der Waals surface area contributed by atoms with E-state index in [2.05, 4.69) is 0 Å². The van der Waals surface area contributed by atoms with Gasteiger partial charge < -0.3 is 4.74 Å². The summed E-state index contributed by atoms with van der Waals surface area (Å²) in [5.41, 5.74) is 0.521. The van der Waals surface area contributed by atoms with E-state index in [1.54, 1.807) is 24.3 Å². The zero-order valence-electron chi connectivity index (χ0n) is 11.9. The third-order valence-corrected chi connectivity index (χ3v) is 3.85. The SMILES string of the molecule is CS(=O)(=O)OC1CCN(COC(=O)c2ccccc2)CC1. The van der Waals surface area contributed by atoms with Gasteiger partial charge in [0.05, 0.1) is 17.9 Å². The van der Waals surface area contributed by atoms with Gasteiger partial charge in [0, 0.05) is 13.1 Å². The molecule has 0 radical (unpaired) electrons. The molecule has 21 heavy (non-hydrogen) atoms. The molecule has 1 aliphatic heterocycles. The van der Waals surface area contributed by atoms with E-state index in [0.29, 0.717) is 31.5 Å². The van der Waals surface area contributed by atoms with Gasteiger partial charge >= 0.3 is 5.97 Å². The molecule has 0 saturated carbocycles. The minimum absolute atomic E-state index is 0.208. The molecule has 1 fully saturated rings. The molecule has 0 aliphatic carbocycles. The number of hydrogen-bond donors (Lipinski definition) is 0. The largest absolute Gasteiger partial charge is 0.446 e. The Morgan fingerprint density at radius 1 is 1.24 bits per heavy atom. The molecule has 1 saturated heterocycles. The minimum atomic E-state index is -3.41. The highest BCUT2D eigenvalue weighted by Gasteiger charge is 2.23. The number of ether oxygens (including phenoxy) is 1. The van der Waals surface area contributed by atoms with Gasteiger partial charge in [0.15, 0.2) is 0 Å². The number of esters is 1. The first-order chi connectivity index (χ1) is 9.94. The summed E-state index contributed by atoms with van der Waals surface area (Å²) in [6.07, 6.45) is 1.99. The van der Waals surface area contributed by atoms with E-state index >= 15 is 0 Å². The lowest BCUT2D eigenvalue weighted by Gasteiger charge is -2.30. The molecule has 0 aromatic heterocycles. The summed E-state index contributed by atoms with van der Waals surface area (Å²) in [5.74, 6) is -0.356. The molecular weight excluding hydrogens is 294 g/mol. The van der Waals surface area contributed by atoms with Crippen molar-refractivity contribution in [3.63, 3.8) is 0 Å². The lowest BCUT2D eigenvalue weighted by Crippen LogP contribution is -2.39. The summed E-state index contributed by atoms with van der Waals surface area (Å²) in [5, 5.41) is 0. The van der Waals surface area contributed by atoms with E-state index in [9.17, 15) is 13.2 Å². The Morgan fingerprint density at radius 2 is 1.86 bits per heavy atom. The van der Waals surface area contributed by atoms with Gasteiger partial charge in [-0.25, -0.2) is 4.79 Å². The average Bonchev–Trinajstić information content (AvgIpc) is 2.45. The quantitative estimate of drug-likeness (QED) is 0.601. The van der Waals surface area contributed by atoms with Crippen molar-refractivity contribution < 1.29 is 22.1 Å². The molecule has 0 bridgehead atoms. The van der Waals surface area contributed by atoms with Crippen LogP contribution in [0.2, 0.25) is 0 Å². The number of likely N-dealkylation sites (tertiary alicyclic amines) is 1. The number of carbonyl (C=O) groups is 1. The maximum atomic E-state index is 11.8. The molecule has 1 aromatic rings. The van der Waals surface area contributed by atoms with Crippen LogP contribution in [0.25, 0.3) is 0 Å². The van der Waals surface area contributed by atoms with Crippen molar-refractivity contribution in [1.82, 2.24) is 4.90 Å². The van der Waals surface area contributed by atoms with Gasteiger partial charge in [-0.1, -0.05) is 18.2 Å². The van der Waals surface area contributed by atoms with E-state index in [-0.39, 0.29) is 18.8 Å². The lowest BCUT2D eigenvalue weighted by atomic mass is 10.1. The molecule has 0 spiro atoms. The normalized spacial score (nSPS) is 17.6. The van der Waals surface area contributed by atoms with Crippen molar-refractivity contribution in [3.8, 4) is 0 Å². The van der Waals surface area contributed by atoms with Crippen molar-refractivity contribution in [1.29, 1.82) is 0 Å². The van der Waals surface area contributed by atoms with Gasteiger partial charge in [-0.15, -0.1) is 0 Å². The van der Waals surface area contributed by atoms with Gasteiger partial charge in [-0.05, 0) is 25.0 Å². The van der Waals surface area contributed by atoms with Crippen molar-refractivity contribution in [3.05, 3.63) is 35.9 Å². The second-order valence-electron chi connectivity index (χ2n) is 5.04. The fourth-order valence-electron chi connectivity index (χ4n) is 2.19. The van der Waals surface area contributed by atoms with Crippen molar-refractivity contribution in [2.75, 3.05) is 26.1 Å². The van der Waals surface area contributed by atoms with Gasteiger partial charge in [0.1, 0.15) is 6.73 Å². The predicted octanol–water partition coefficient (Wildman–Crippen LogP) is 1.24. The Morgan fingerprint density at radius 3 is 2.43 bits per heavy atom. The third-order valence-electron chi connectivity index (χ3n) is 3.23. The average molecular weight is 313 g/mol. The van der Waals surface area contributed by atoms with Gasteiger partial charge in [0.25, 0.3) is 10.1 Å². The van der Waals surface area contributed by atoms with E-state index in [0.717, 1.165) is 6.26 Å². The van der Waals surface area contributed by atoms with Crippen LogP contribution in [0.5, 0.6) is 0 Å². The van der Waals surface area contributed by atoms with Gasteiger partial charge in [-0.2, -0.15) is 8.42 Å². The predicted molar refractivity (Wildman–Crippen MR) is 77.2 cm³/mol. The molecule has 0 atom stereocenters. The summed E-state index contributed by atoms with van der Waals surface area (Å²) >= 11 is 0. The molecule has 1 aromatic carbocycles. The molecule has 0 N–H and O–H groups in total. The van der Waals surface area contributed by atoms with Crippen LogP contribution in [0.15, 0.2) is 30.3 Å². The van der Waals surface area contributed by atoms with Crippen LogP contribution in [0, 0.1) is 0 Å². The molecular formula is C14H19NO5S. The monoisotopic (exact) mass is 313 g/mol. The fraction of sp³-hybridized carbons (Fsp3) is 0.500. The highest BCUT2D eigenvalue weighted by Crippen LogP contribution is 2.15. The van der Waals surface area contributed by atoms with Crippen LogP contribution >= 0.6 is 0 Å². The van der Waals surface area contributed by atoms with E-state index in [1.807, 2.05) is 11.0 Å². The zero-order chi connectivity index (χ0) is 15.3. The van der Waals surface area contributed by atoms with Crippen molar-refractivity contribution in [2.45, 2.75) is 18.9 Å². The third kappa shape index (κ3) is 5.45. The first kappa shape index (κ1) is 15.9. The molecule has 7 heteroatoms. The molecule has 6 nitrogen and oxygen atoms in total. The molecule has 1 heterocycles. The van der Waals surface area contributed by atoms with Crippen LogP contribution in [-0.4, -0.2) is 51.5 Å². The first-order valence-corrected chi connectivity index (χ1v) is 8.58. The lowest BCUT2D eigenvalue weighted by molar-refractivity contribution is 0.00597. The maximum Gasteiger partial charge on any atom is 0.339 e. The molecule has 2 rings (SSSR count). The van der Waals surface area contributed by atoms with Crippen molar-refractivity contribution >= 4 is 16.1 Å². The first-order valence-electron chi connectivity index (χ1n) is 6.77. The number of piperidine rings is 1. The summed E-state index contributed by atoms with van der Waals surface area (Å²) in [6.45, 7) is 1.49. The minimum Gasteiger partial charge on any atom is -0.446 e.